The molecule has 0 atom stereocenters. The highest BCUT2D eigenvalue weighted by Crippen LogP contribution is 2.49. The van der Waals surface area contributed by atoms with Crippen molar-refractivity contribution >= 4 is 5.91 Å². The molecular formula is C23H25N3O3. The number of aromatic hydroxyl groups is 1. The van der Waals surface area contributed by atoms with Gasteiger partial charge >= 0.3 is 0 Å². The zero-order chi connectivity index (χ0) is 20.2. The normalized spacial score (nSPS) is 16.8. The van der Waals surface area contributed by atoms with Crippen LogP contribution in [0.1, 0.15) is 35.8 Å². The van der Waals surface area contributed by atoms with Gasteiger partial charge in [-0.15, -0.1) is 0 Å². The first kappa shape index (κ1) is 17.8. The van der Waals surface area contributed by atoms with Gasteiger partial charge in [-0.1, -0.05) is 12.1 Å². The van der Waals surface area contributed by atoms with E-state index in [1.807, 2.05) is 41.0 Å². The summed E-state index contributed by atoms with van der Waals surface area (Å²) in [4.78, 5) is 14.8. The van der Waals surface area contributed by atoms with E-state index in [1.165, 1.54) is 0 Å². The predicted octanol–water partition coefficient (Wildman–Crippen LogP) is 3.87. The number of phenols is 1. The maximum atomic E-state index is 13.0. The van der Waals surface area contributed by atoms with Gasteiger partial charge in [-0.2, -0.15) is 5.10 Å². The number of phenolic OH excluding ortho intramolecular Hbond substituents is 1. The molecule has 0 saturated carbocycles. The number of benzene rings is 2. The summed E-state index contributed by atoms with van der Waals surface area (Å²) < 4.78 is 8.46. The van der Waals surface area contributed by atoms with Crippen molar-refractivity contribution < 1.29 is 16.1 Å². The number of hydrogen-bond acceptors (Lipinski definition) is 4. The minimum absolute atomic E-state index is 0. The molecule has 1 spiro atoms. The van der Waals surface area contributed by atoms with Crippen LogP contribution in [0.3, 0.4) is 0 Å². The fraction of sp³-hybridized carbons (Fsp3) is 0.304. The minimum atomic E-state index is -0.459. The Morgan fingerprint density at radius 1 is 1.21 bits per heavy atom. The zero-order valence-corrected chi connectivity index (χ0v) is 16.6. The van der Waals surface area contributed by atoms with Gasteiger partial charge < -0.3 is 14.7 Å². The summed E-state index contributed by atoms with van der Waals surface area (Å²) in [6.45, 7) is 3.01. The number of rotatable bonds is 1. The largest absolute Gasteiger partial charge is 0.508 e. The zero-order valence-electron chi connectivity index (χ0n) is 16.6. The lowest BCUT2D eigenvalue weighted by Crippen LogP contribution is -2.49. The molecule has 6 nitrogen and oxygen atoms in total. The molecule has 2 aliphatic rings. The SMILES string of the molecule is Cc1cc(C(=O)N2CCC3(CC2)Oc2ccccc2-c2c3cnn2C)ccc1O.[HH]. The van der Waals surface area contributed by atoms with E-state index in [0.717, 1.165) is 22.6 Å². The van der Waals surface area contributed by atoms with Crippen LogP contribution in [0.4, 0.5) is 0 Å². The Hall–Kier alpha value is -3.28. The molecule has 0 unspecified atom stereocenters. The smallest absolute Gasteiger partial charge is 0.253 e. The van der Waals surface area contributed by atoms with Crippen LogP contribution in [0.25, 0.3) is 11.3 Å². The van der Waals surface area contributed by atoms with E-state index in [0.29, 0.717) is 37.1 Å². The molecule has 0 aliphatic carbocycles. The van der Waals surface area contributed by atoms with Gasteiger partial charge in [0.2, 0.25) is 0 Å². The van der Waals surface area contributed by atoms with Gasteiger partial charge in [0.15, 0.2) is 0 Å². The predicted molar refractivity (Wildman–Crippen MR) is 111 cm³/mol. The van der Waals surface area contributed by atoms with Crippen LogP contribution >= 0.6 is 0 Å². The summed E-state index contributed by atoms with van der Waals surface area (Å²) in [5.41, 5.74) is 4.11. The number of amides is 1. The number of fused-ring (bicyclic) bond motifs is 4. The van der Waals surface area contributed by atoms with Crippen LogP contribution < -0.4 is 4.74 Å². The molecule has 0 bridgehead atoms. The molecule has 1 amide bonds. The van der Waals surface area contributed by atoms with Crippen molar-refractivity contribution in [1.29, 1.82) is 0 Å². The Labute approximate surface area is 170 Å². The Morgan fingerprint density at radius 2 is 1.97 bits per heavy atom. The maximum absolute atomic E-state index is 13.0. The molecule has 2 aliphatic heterocycles. The quantitative estimate of drug-likeness (QED) is 0.684. The number of piperidine rings is 1. The van der Waals surface area contributed by atoms with Gasteiger partial charge in [-0.25, -0.2) is 0 Å². The number of nitrogens with zero attached hydrogens (tertiary/aromatic N) is 3. The Morgan fingerprint density at radius 3 is 2.72 bits per heavy atom. The maximum Gasteiger partial charge on any atom is 0.253 e. The van der Waals surface area contributed by atoms with E-state index >= 15 is 0 Å². The van der Waals surface area contributed by atoms with Crippen molar-refractivity contribution in [2.24, 2.45) is 7.05 Å². The molecule has 5 rings (SSSR count). The third kappa shape index (κ3) is 2.70. The first-order valence-electron chi connectivity index (χ1n) is 9.88. The van der Waals surface area contributed by atoms with Crippen molar-refractivity contribution in [1.82, 2.24) is 14.7 Å². The second-order valence-electron chi connectivity index (χ2n) is 7.92. The van der Waals surface area contributed by atoms with E-state index in [-0.39, 0.29) is 13.1 Å². The number of para-hydroxylation sites is 1. The molecule has 1 fully saturated rings. The number of carbonyl (C=O) groups is 1. The van der Waals surface area contributed by atoms with Gasteiger partial charge in [-0.05, 0) is 42.8 Å². The highest BCUT2D eigenvalue weighted by atomic mass is 16.5. The summed E-state index contributed by atoms with van der Waals surface area (Å²) in [6.07, 6.45) is 3.33. The minimum Gasteiger partial charge on any atom is -0.508 e. The van der Waals surface area contributed by atoms with E-state index < -0.39 is 5.60 Å². The molecule has 6 heteroatoms. The molecule has 1 saturated heterocycles. The van der Waals surface area contributed by atoms with Crippen molar-refractivity contribution in [2.45, 2.75) is 25.4 Å². The van der Waals surface area contributed by atoms with E-state index in [1.54, 1.807) is 25.1 Å². The van der Waals surface area contributed by atoms with E-state index in [9.17, 15) is 9.90 Å². The summed E-state index contributed by atoms with van der Waals surface area (Å²) in [5.74, 6) is 1.07. The van der Waals surface area contributed by atoms with Crippen molar-refractivity contribution in [2.75, 3.05) is 13.1 Å². The average molecular weight is 391 g/mol. The van der Waals surface area contributed by atoms with Gasteiger partial charge in [0, 0.05) is 51.1 Å². The second kappa shape index (κ2) is 6.37. The summed E-state index contributed by atoms with van der Waals surface area (Å²) in [7, 11) is 1.96. The average Bonchev–Trinajstić information content (AvgIpc) is 3.13. The third-order valence-corrected chi connectivity index (χ3v) is 6.18. The third-order valence-electron chi connectivity index (χ3n) is 6.18. The first-order chi connectivity index (χ1) is 14.0. The van der Waals surface area contributed by atoms with Crippen LogP contribution in [0.5, 0.6) is 11.5 Å². The molecule has 0 radical (unpaired) electrons. The van der Waals surface area contributed by atoms with Gasteiger partial charge in [0.1, 0.15) is 17.1 Å². The molecule has 2 aromatic carbocycles. The lowest BCUT2D eigenvalue weighted by Gasteiger charge is -2.44. The molecular weight excluding hydrogens is 366 g/mol. The lowest BCUT2D eigenvalue weighted by molar-refractivity contribution is -0.00172. The van der Waals surface area contributed by atoms with E-state index in [2.05, 4.69) is 11.2 Å². The van der Waals surface area contributed by atoms with Crippen LogP contribution in [0, 0.1) is 6.92 Å². The lowest BCUT2D eigenvalue weighted by atomic mass is 9.81. The van der Waals surface area contributed by atoms with Crippen molar-refractivity contribution in [3.05, 3.63) is 65.4 Å². The van der Waals surface area contributed by atoms with Crippen LogP contribution in [-0.2, 0) is 12.6 Å². The number of aromatic nitrogens is 2. The molecule has 29 heavy (non-hydrogen) atoms. The topological polar surface area (TPSA) is 67.6 Å². The number of carbonyl (C=O) groups excluding carboxylic acids is 1. The van der Waals surface area contributed by atoms with Crippen molar-refractivity contribution in [3.8, 4) is 22.8 Å². The Balaban J connectivity index is 0.00000218. The van der Waals surface area contributed by atoms with Gasteiger partial charge in [0.05, 0.1) is 11.9 Å². The van der Waals surface area contributed by atoms with Gasteiger partial charge in [-0.3, -0.25) is 9.48 Å². The summed E-state index contributed by atoms with van der Waals surface area (Å²) in [5, 5.41) is 14.2. The second-order valence-corrected chi connectivity index (χ2v) is 7.92. The number of aryl methyl sites for hydroxylation is 2. The monoisotopic (exact) mass is 391 g/mol. The molecule has 1 N–H and O–H groups in total. The Bertz CT molecular complexity index is 1120. The van der Waals surface area contributed by atoms with Crippen molar-refractivity contribution in [3.63, 3.8) is 0 Å². The number of hydrogen-bond donors (Lipinski definition) is 1. The highest BCUT2D eigenvalue weighted by molar-refractivity contribution is 5.94. The molecule has 3 aromatic rings. The molecule has 1 aromatic heterocycles. The standard InChI is InChI=1S/C23H23N3O3.H2/c1-15-13-16(7-8-19(15)27)22(28)26-11-9-23(10-12-26)18-14-24-25(2)21(18)17-5-3-4-6-20(17)29-23;/h3-8,13-14,27H,9-12H2,1-2H3;1H. The number of likely N-dealkylation sites (tertiary alicyclic amines) is 1. The number of ether oxygens (including phenoxy) is 1. The summed E-state index contributed by atoms with van der Waals surface area (Å²) >= 11 is 0. The van der Waals surface area contributed by atoms with Crippen LogP contribution in [0.2, 0.25) is 0 Å². The van der Waals surface area contributed by atoms with Crippen LogP contribution in [-0.4, -0.2) is 38.8 Å². The first-order valence-corrected chi connectivity index (χ1v) is 9.88. The Kier molecular flexibility index (Phi) is 3.91. The van der Waals surface area contributed by atoms with Gasteiger partial charge in [0.25, 0.3) is 5.91 Å². The highest BCUT2D eigenvalue weighted by Gasteiger charge is 2.45. The fourth-order valence-corrected chi connectivity index (χ4v) is 4.52. The summed E-state index contributed by atoms with van der Waals surface area (Å²) in [6, 6.07) is 13.1. The molecule has 3 heterocycles. The fourth-order valence-electron chi connectivity index (χ4n) is 4.52. The van der Waals surface area contributed by atoms with Crippen LogP contribution in [0.15, 0.2) is 48.7 Å². The van der Waals surface area contributed by atoms with E-state index in [4.69, 9.17) is 4.74 Å². The molecule has 150 valence electrons.